The Labute approximate surface area is 124 Å². The quantitative estimate of drug-likeness (QED) is 0.732. The van der Waals surface area contributed by atoms with E-state index in [0.29, 0.717) is 15.9 Å². The van der Waals surface area contributed by atoms with Crippen molar-refractivity contribution in [1.82, 2.24) is 19.9 Å². The minimum Gasteiger partial charge on any atom is -0.392 e. The molecule has 1 aromatic heterocycles. The summed E-state index contributed by atoms with van der Waals surface area (Å²) in [4.78, 5) is 3.93. The molecule has 20 heavy (non-hydrogen) atoms. The summed E-state index contributed by atoms with van der Waals surface area (Å²) in [5.74, 6) is 0.416. The molecule has 0 radical (unpaired) electrons. The summed E-state index contributed by atoms with van der Waals surface area (Å²) >= 11 is 3.26. The standard InChI is InChI=1S/C11H13BrN4O3S/c1-7-2-8(5-17)3-9(11(7)12)20(18,19)15-4-10-13-6-14-16-10/h2-3,6,15,17H,4-5H2,1H3,(H,13,14,16). The lowest BCUT2D eigenvalue weighted by Gasteiger charge is -2.11. The second-order valence-electron chi connectivity index (χ2n) is 4.14. The average Bonchev–Trinajstić information content (AvgIpc) is 2.92. The number of aryl methyl sites for hydroxylation is 1. The molecule has 2 aromatic rings. The summed E-state index contributed by atoms with van der Waals surface area (Å²) in [5.41, 5.74) is 1.27. The summed E-state index contributed by atoms with van der Waals surface area (Å²) in [6.45, 7) is 1.55. The third-order valence-electron chi connectivity index (χ3n) is 2.65. The Balaban J connectivity index is 2.31. The molecule has 0 bridgehead atoms. The first-order valence-electron chi connectivity index (χ1n) is 5.68. The van der Waals surface area contributed by atoms with Crippen molar-refractivity contribution in [3.8, 4) is 0 Å². The van der Waals surface area contributed by atoms with E-state index in [1.54, 1.807) is 13.0 Å². The van der Waals surface area contributed by atoms with Gasteiger partial charge in [0.1, 0.15) is 12.2 Å². The van der Waals surface area contributed by atoms with Crippen molar-refractivity contribution in [3.63, 3.8) is 0 Å². The van der Waals surface area contributed by atoms with E-state index in [-0.39, 0.29) is 18.0 Å². The van der Waals surface area contributed by atoms with Crippen molar-refractivity contribution in [1.29, 1.82) is 0 Å². The van der Waals surface area contributed by atoms with Gasteiger partial charge in [0, 0.05) is 4.47 Å². The van der Waals surface area contributed by atoms with E-state index < -0.39 is 10.0 Å². The maximum atomic E-state index is 12.3. The lowest BCUT2D eigenvalue weighted by Crippen LogP contribution is -2.24. The number of aromatic amines is 1. The Morgan fingerprint density at radius 3 is 2.80 bits per heavy atom. The number of aromatic nitrogens is 3. The van der Waals surface area contributed by atoms with E-state index in [2.05, 4.69) is 35.8 Å². The van der Waals surface area contributed by atoms with E-state index in [9.17, 15) is 8.42 Å². The summed E-state index contributed by atoms with van der Waals surface area (Å²) in [7, 11) is -3.72. The van der Waals surface area contributed by atoms with Crippen molar-refractivity contribution >= 4 is 26.0 Å². The lowest BCUT2D eigenvalue weighted by molar-refractivity contribution is 0.281. The van der Waals surface area contributed by atoms with Crippen LogP contribution in [0.25, 0.3) is 0 Å². The van der Waals surface area contributed by atoms with Crippen LogP contribution in [0.1, 0.15) is 17.0 Å². The van der Waals surface area contributed by atoms with Gasteiger partial charge in [0.2, 0.25) is 10.0 Å². The Morgan fingerprint density at radius 1 is 1.45 bits per heavy atom. The van der Waals surface area contributed by atoms with Crippen molar-refractivity contribution in [3.05, 3.63) is 39.9 Å². The molecule has 0 amide bonds. The van der Waals surface area contributed by atoms with Gasteiger partial charge in [-0.1, -0.05) is 6.07 Å². The van der Waals surface area contributed by atoms with Gasteiger partial charge in [-0.3, -0.25) is 5.10 Å². The van der Waals surface area contributed by atoms with Crippen LogP contribution in [0.5, 0.6) is 0 Å². The highest BCUT2D eigenvalue weighted by Gasteiger charge is 2.20. The molecule has 0 aliphatic carbocycles. The molecule has 0 spiro atoms. The number of H-pyrrole nitrogens is 1. The normalized spacial score (nSPS) is 11.8. The van der Waals surface area contributed by atoms with Gasteiger partial charge in [-0.05, 0) is 40.0 Å². The first-order valence-corrected chi connectivity index (χ1v) is 7.95. The fourth-order valence-corrected chi connectivity index (χ4v) is 3.71. The smallest absolute Gasteiger partial charge is 0.242 e. The molecule has 0 aliphatic rings. The van der Waals surface area contributed by atoms with Crippen LogP contribution in [-0.2, 0) is 23.2 Å². The first-order chi connectivity index (χ1) is 9.44. The van der Waals surface area contributed by atoms with E-state index in [1.807, 2.05) is 0 Å². The lowest BCUT2D eigenvalue weighted by atomic mass is 10.1. The SMILES string of the molecule is Cc1cc(CO)cc(S(=O)(=O)NCc2ncn[nH]2)c1Br. The highest BCUT2D eigenvalue weighted by Crippen LogP contribution is 2.27. The van der Waals surface area contributed by atoms with Crippen molar-refractivity contribution in [2.24, 2.45) is 0 Å². The predicted molar refractivity (Wildman–Crippen MR) is 75.2 cm³/mol. The van der Waals surface area contributed by atoms with Gasteiger partial charge in [0.05, 0.1) is 18.0 Å². The van der Waals surface area contributed by atoms with E-state index >= 15 is 0 Å². The zero-order valence-corrected chi connectivity index (χ0v) is 13.0. The molecular formula is C11H13BrN4O3S. The first kappa shape index (κ1) is 15.1. The van der Waals surface area contributed by atoms with Crippen LogP contribution in [0.15, 0.2) is 27.8 Å². The predicted octanol–water partition coefficient (Wildman–Crippen LogP) is 0.846. The van der Waals surface area contributed by atoms with E-state index in [1.165, 1.54) is 12.4 Å². The van der Waals surface area contributed by atoms with Crippen LogP contribution < -0.4 is 4.72 Å². The molecule has 108 valence electrons. The number of hydrogen-bond acceptors (Lipinski definition) is 5. The Kier molecular flexibility index (Phi) is 4.53. The van der Waals surface area contributed by atoms with Crippen molar-refractivity contribution < 1.29 is 13.5 Å². The number of hydrogen-bond donors (Lipinski definition) is 3. The molecule has 7 nitrogen and oxygen atoms in total. The zero-order valence-electron chi connectivity index (χ0n) is 10.6. The molecule has 0 unspecified atom stereocenters. The monoisotopic (exact) mass is 360 g/mol. The molecule has 0 atom stereocenters. The third-order valence-corrected chi connectivity index (χ3v) is 5.39. The Morgan fingerprint density at radius 2 is 2.20 bits per heavy atom. The number of aliphatic hydroxyl groups excluding tert-OH is 1. The van der Waals surface area contributed by atoms with Gasteiger partial charge in [0.25, 0.3) is 0 Å². The molecule has 3 N–H and O–H groups in total. The maximum Gasteiger partial charge on any atom is 0.242 e. The summed E-state index contributed by atoms with van der Waals surface area (Å²) in [5, 5.41) is 15.4. The van der Waals surface area contributed by atoms with Crippen molar-refractivity contribution in [2.45, 2.75) is 25.0 Å². The average molecular weight is 361 g/mol. The van der Waals surface area contributed by atoms with Crippen LogP contribution in [0, 0.1) is 6.92 Å². The Hall–Kier alpha value is -1.29. The number of aliphatic hydroxyl groups is 1. The second kappa shape index (κ2) is 6.00. The molecule has 0 saturated carbocycles. The second-order valence-corrected chi connectivity index (χ2v) is 6.67. The number of halogens is 1. The fourth-order valence-electron chi connectivity index (χ4n) is 1.65. The van der Waals surface area contributed by atoms with Crippen LogP contribution in [0.4, 0.5) is 0 Å². The van der Waals surface area contributed by atoms with Crippen LogP contribution >= 0.6 is 15.9 Å². The number of sulfonamides is 1. The van der Waals surface area contributed by atoms with E-state index in [4.69, 9.17) is 5.11 Å². The van der Waals surface area contributed by atoms with Gasteiger partial charge in [-0.25, -0.2) is 18.1 Å². The van der Waals surface area contributed by atoms with Crippen LogP contribution in [0.3, 0.4) is 0 Å². The van der Waals surface area contributed by atoms with Gasteiger partial charge in [-0.15, -0.1) is 0 Å². The van der Waals surface area contributed by atoms with Crippen molar-refractivity contribution in [2.75, 3.05) is 0 Å². The largest absolute Gasteiger partial charge is 0.392 e. The van der Waals surface area contributed by atoms with Gasteiger partial charge in [-0.2, -0.15) is 5.10 Å². The maximum absolute atomic E-state index is 12.3. The van der Waals surface area contributed by atoms with Gasteiger partial charge < -0.3 is 5.11 Å². The van der Waals surface area contributed by atoms with Gasteiger partial charge >= 0.3 is 0 Å². The Bertz CT molecular complexity index is 701. The summed E-state index contributed by atoms with van der Waals surface area (Å²) in [6, 6.07) is 3.15. The molecule has 2 rings (SSSR count). The van der Waals surface area contributed by atoms with Crippen LogP contribution in [0.2, 0.25) is 0 Å². The molecule has 0 saturated heterocycles. The number of rotatable bonds is 5. The molecule has 1 aromatic carbocycles. The molecule has 0 aliphatic heterocycles. The summed E-state index contributed by atoms with van der Waals surface area (Å²) in [6.07, 6.45) is 1.30. The van der Waals surface area contributed by atoms with Crippen LogP contribution in [-0.4, -0.2) is 28.7 Å². The highest BCUT2D eigenvalue weighted by atomic mass is 79.9. The summed E-state index contributed by atoms with van der Waals surface area (Å²) < 4.78 is 27.5. The third kappa shape index (κ3) is 3.23. The highest BCUT2D eigenvalue weighted by molar-refractivity contribution is 9.10. The minimum absolute atomic E-state index is 0.0111. The fraction of sp³-hybridized carbons (Fsp3) is 0.273. The zero-order chi connectivity index (χ0) is 14.8. The molecule has 9 heteroatoms. The number of nitrogens with one attached hydrogen (secondary N) is 2. The molecule has 0 fully saturated rings. The number of benzene rings is 1. The topological polar surface area (TPSA) is 108 Å². The molecular weight excluding hydrogens is 348 g/mol. The molecule has 1 heterocycles. The minimum atomic E-state index is -3.72. The van der Waals surface area contributed by atoms with E-state index in [0.717, 1.165) is 5.56 Å². The number of nitrogens with zero attached hydrogens (tertiary/aromatic N) is 2. The van der Waals surface area contributed by atoms with Gasteiger partial charge in [0.15, 0.2) is 0 Å².